The summed E-state index contributed by atoms with van der Waals surface area (Å²) in [5, 5.41) is 20.1. The molecule has 1 saturated heterocycles. The normalized spacial score (nSPS) is 19.0. The number of amides is 1. The molecule has 2 atom stereocenters. The van der Waals surface area contributed by atoms with E-state index >= 15 is 0 Å². The van der Waals surface area contributed by atoms with E-state index in [1.165, 1.54) is 0 Å². The van der Waals surface area contributed by atoms with Gasteiger partial charge in [0.15, 0.2) is 0 Å². The predicted molar refractivity (Wildman–Crippen MR) is 132 cm³/mol. The topological polar surface area (TPSA) is 90.5 Å². The van der Waals surface area contributed by atoms with E-state index < -0.39 is 19.1 Å². The van der Waals surface area contributed by atoms with E-state index in [1.54, 1.807) is 36.5 Å². The number of rotatable bonds is 8. The lowest BCUT2D eigenvalue weighted by Gasteiger charge is -2.26. The van der Waals surface area contributed by atoms with Crippen LogP contribution in [0.5, 0.6) is 5.75 Å². The largest absolute Gasteiger partial charge is 0.496 e. The number of halogens is 2. The molecule has 3 aromatic rings. The van der Waals surface area contributed by atoms with Crippen molar-refractivity contribution >= 4 is 11.6 Å². The molecule has 36 heavy (non-hydrogen) atoms. The number of nitrogens with one attached hydrogen (secondary N) is 2. The Hall–Kier alpha value is -3.72. The first-order valence-corrected chi connectivity index (χ1v) is 11.9. The zero-order valence-corrected chi connectivity index (χ0v) is 19.9. The minimum absolute atomic E-state index is 0.205. The Morgan fingerprint density at radius 3 is 2.78 bits per heavy atom. The zero-order valence-electron chi connectivity index (χ0n) is 19.9. The first-order chi connectivity index (χ1) is 17.4. The van der Waals surface area contributed by atoms with E-state index in [2.05, 4.69) is 15.5 Å². The third-order valence-electron chi connectivity index (χ3n) is 6.64. The number of methoxy groups -OCH3 is 1. The van der Waals surface area contributed by atoms with Crippen molar-refractivity contribution in [3.8, 4) is 16.9 Å². The number of hydrogen-bond donors (Lipinski definition) is 3. The molecule has 188 valence electrons. The number of aromatic amines is 1. The van der Waals surface area contributed by atoms with E-state index in [-0.39, 0.29) is 18.5 Å². The first-order valence-electron chi connectivity index (χ1n) is 11.9. The third-order valence-corrected chi connectivity index (χ3v) is 6.64. The summed E-state index contributed by atoms with van der Waals surface area (Å²) in [6, 6.07) is 12.5. The van der Waals surface area contributed by atoms with Crippen molar-refractivity contribution in [3.05, 3.63) is 77.1 Å². The predicted octanol–water partition coefficient (Wildman–Crippen LogP) is 4.39. The molecule has 1 amide bonds. The molecule has 2 heterocycles. The van der Waals surface area contributed by atoms with Crippen LogP contribution in [0.4, 0.5) is 8.78 Å². The summed E-state index contributed by atoms with van der Waals surface area (Å²) in [6.07, 6.45) is 2.50. The van der Waals surface area contributed by atoms with Crippen LogP contribution < -0.4 is 10.1 Å². The van der Waals surface area contributed by atoms with Crippen molar-refractivity contribution < 1.29 is 23.4 Å². The number of alkyl halides is 2. The standard InChI is InChI=1S/C27H28F2N4O3/c1-36-24-10-19(7-8-22(24)20-12-31-32-13-20)27(35)33-15-21(34)11-23(33)17-3-2-4-18(9-17)26(16-5-6-16)30-14-25(28)29/h2-4,7-10,12-13,21,23,25,30,34H,5-6,11,14-15H2,1H3,(H,31,32). The van der Waals surface area contributed by atoms with Crippen LogP contribution in [0.15, 0.2) is 60.4 Å². The van der Waals surface area contributed by atoms with Crippen molar-refractivity contribution in [2.45, 2.75) is 37.8 Å². The molecular weight excluding hydrogens is 466 g/mol. The second kappa shape index (κ2) is 10.1. The van der Waals surface area contributed by atoms with Gasteiger partial charge in [0.25, 0.3) is 12.3 Å². The van der Waals surface area contributed by atoms with Crippen molar-refractivity contribution in [2.75, 3.05) is 20.2 Å². The number of aromatic nitrogens is 2. The van der Waals surface area contributed by atoms with E-state index in [0.29, 0.717) is 17.7 Å². The van der Waals surface area contributed by atoms with Crippen molar-refractivity contribution in [1.29, 1.82) is 0 Å². The Balaban J connectivity index is 1.42. The maximum absolute atomic E-state index is 13.6. The fourth-order valence-corrected chi connectivity index (χ4v) is 4.81. The van der Waals surface area contributed by atoms with Gasteiger partial charge in [0.2, 0.25) is 0 Å². The van der Waals surface area contributed by atoms with E-state index in [0.717, 1.165) is 46.4 Å². The minimum Gasteiger partial charge on any atom is -0.496 e. The molecule has 2 unspecified atom stereocenters. The van der Waals surface area contributed by atoms with Crippen LogP contribution in [0.1, 0.15) is 46.8 Å². The average Bonchev–Trinajstić information content (AvgIpc) is 3.41. The second-order valence-corrected chi connectivity index (χ2v) is 9.14. The highest BCUT2D eigenvalue weighted by atomic mass is 19.3. The molecule has 0 spiro atoms. The van der Waals surface area contributed by atoms with Crippen LogP contribution in [-0.4, -0.2) is 58.8 Å². The molecule has 2 aromatic carbocycles. The number of aliphatic hydroxyl groups excluding tert-OH is 1. The quantitative estimate of drug-likeness (QED) is 0.432. The third kappa shape index (κ3) is 4.97. The molecule has 5 rings (SSSR count). The highest BCUT2D eigenvalue weighted by Crippen LogP contribution is 2.39. The number of allylic oxidation sites excluding steroid dienone is 1. The lowest BCUT2D eigenvalue weighted by molar-refractivity contribution is 0.0715. The molecule has 1 aliphatic carbocycles. The summed E-state index contributed by atoms with van der Waals surface area (Å²) in [5.74, 6) is 0.335. The molecular formula is C27H28F2N4O3. The summed E-state index contributed by atoms with van der Waals surface area (Å²) in [5.41, 5.74) is 5.65. The molecule has 0 bridgehead atoms. The number of hydrogen-bond acceptors (Lipinski definition) is 5. The molecule has 2 fully saturated rings. The SMILES string of the molecule is COc1cc(C(=O)N2CC(O)CC2c2cccc(C(NCC(F)F)=C3CC3)c2)ccc1-c1cn[nH]c1. The first kappa shape index (κ1) is 24.0. The van der Waals surface area contributed by atoms with Crippen LogP contribution in [-0.2, 0) is 0 Å². The van der Waals surface area contributed by atoms with Gasteiger partial charge in [0.05, 0.1) is 32.0 Å². The van der Waals surface area contributed by atoms with E-state index in [9.17, 15) is 18.7 Å². The Morgan fingerprint density at radius 1 is 1.25 bits per heavy atom. The molecule has 1 aliphatic heterocycles. The monoisotopic (exact) mass is 494 g/mol. The van der Waals surface area contributed by atoms with Crippen molar-refractivity contribution in [1.82, 2.24) is 20.4 Å². The lowest BCUT2D eigenvalue weighted by atomic mass is 9.99. The van der Waals surface area contributed by atoms with Crippen LogP contribution >= 0.6 is 0 Å². The number of benzene rings is 2. The van der Waals surface area contributed by atoms with Crippen LogP contribution in [0.2, 0.25) is 0 Å². The number of ether oxygens (including phenoxy) is 1. The number of likely N-dealkylation sites (tertiary alicyclic amines) is 1. The smallest absolute Gasteiger partial charge is 0.255 e. The molecule has 7 nitrogen and oxygen atoms in total. The van der Waals surface area contributed by atoms with Crippen LogP contribution in [0, 0.1) is 0 Å². The summed E-state index contributed by atoms with van der Waals surface area (Å²) in [4.78, 5) is 15.3. The number of H-pyrrole nitrogens is 1. The summed E-state index contributed by atoms with van der Waals surface area (Å²) in [7, 11) is 1.55. The Morgan fingerprint density at radius 2 is 2.08 bits per heavy atom. The van der Waals surface area contributed by atoms with Gasteiger partial charge in [-0.3, -0.25) is 9.89 Å². The maximum atomic E-state index is 13.6. The highest BCUT2D eigenvalue weighted by molar-refractivity contribution is 5.96. The molecule has 0 radical (unpaired) electrons. The van der Waals surface area contributed by atoms with Gasteiger partial charge >= 0.3 is 0 Å². The minimum atomic E-state index is -2.45. The van der Waals surface area contributed by atoms with Crippen molar-refractivity contribution in [2.24, 2.45) is 0 Å². The van der Waals surface area contributed by atoms with Crippen molar-refractivity contribution in [3.63, 3.8) is 0 Å². The van der Waals surface area contributed by atoms with Gasteiger partial charge < -0.3 is 20.1 Å². The van der Waals surface area contributed by atoms with E-state index in [4.69, 9.17) is 4.74 Å². The maximum Gasteiger partial charge on any atom is 0.255 e. The molecule has 1 aromatic heterocycles. The molecule has 9 heteroatoms. The van der Waals surface area contributed by atoms with Gasteiger partial charge in [-0.2, -0.15) is 5.10 Å². The summed E-state index contributed by atoms with van der Waals surface area (Å²) < 4.78 is 31.2. The number of carbonyl (C=O) groups excluding carboxylic acids is 1. The number of β-amino-alcohol motifs (C(OH)–C–C–N with tert-alkyl or cyclic N) is 1. The van der Waals surface area contributed by atoms with Gasteiger partial charge in [-0.1, -0.05) is 18.2 Å². The zero-order chi connectivity index (χ0) is 25.2. The number of carbonyl (C=O) groups is 1. The van der Waals surface area contributed by atoms with Gasteiger partial charge in [0.1, 0.15) is 5.75 Å². The summed E-state index contributed by atoms with van der Waals surface area (Å²) >= 11 is 0. The molecule has 1 saturated carbocycles. The van der Waals surface area contributed by atoms with Gasteiger partial charge in [-0.15, -0.1) is 0 Å². The van der Waals surface area contributed by atoms with Crippen LogP contribution in [0.25, 0.3) is 16.8 Å². The Labute approximate surface area is 207 Å². The second-order valence-electron chi connectivity index (χ2n) is 9.14. The fraction of sp³-hybridized carbons (Fsp3) is 0.333. The van der Waals surface area contributed by atoms with Gasteiger partial charge in [-0.25, -0.2) is 8.78 Å². The van der Waals surface area contributed by atoms with Crippen LogP contribution in [0.3, 0.4) is 0 Å². The fourth-order valence-electron chi connectivity index (χ4n) is 4.81. The van der Waals surface area contributed by atoms with Gasteiger partial charge in [0, 0.05) is 35.1 Å². The van der Waals surface area contributed by atoms with Gasteiger partial charge in [-0.05, 0) is 60.2 Å². The highest BCUT2D eigenvalue weighted by Gasteiger charge is 2.36. The Bertz CT molecular complexity index is 1270. The van der Waals surface area contributed by atoms with E-state index in [1.807, 2.05) is 30.3 Å². The summed E-state index contributed by atoms with van der Waals surface area (Å²) in [6.45, 7) is -0.205. The number of nitrogens with zero attached hydrogens (tertiary/aromatic N) is 2. The average molecular weight is 495 g/mol. The molecule has 2 aliphatic rings. The number of aliphatic hydroxyl groups is 1. The molecule has 3 N–H and O–H groups in total. The lowest BCUT2D eigenvalue weighted by Crippen LogP contribution is -2.32. The Kier molecular flexibility index (Phi) is 6.73.